The Balaban J connectivity index is 0.829. The van der Waals surface area contributed by atoms with E-state index in [0.29, 0.717) is 53.9 Å². The van der Waals surface area contributed by atoms with Crippen molar-refractivity contribution in [2.75, 3.05) is 56.2 Å². The van der Waals surface area contributed by atoms with Gasteiger partial charge in [0.15, 0.2) is 0 Å². The van der Waals surface area contributed by atoms with Crippen LogP contribution in [0.3, 0.4) is 0 Å². The molecular weight excluding hydrogens is 771 g/mol. The van der Waals surface area contributed by atoms with Gasteiger partial charge in [0.25, 0.3) is 5.91 Å². The monoisotopic (exact) mass is 822 g/mol. The number of nitrogens with zero attached hydrogens (tertiary/aromatic N) is 6. The zero-order valence-corrected chi connectivity index (χ0v) is 34.7. The number of halogens is 2. The summed E-state index contributed by atoms with van der Waals surface area (Å²) >= 11 is 0. The molecule has 1 aromatic heterocycles. The number of amides is 4. The van der Waals surface area contributed by atoms with E-state index in [1.165, 1.54) is 18.1 Å². The maximum absolute atomic E-state index is 15.9. The van der Waals surface area contributed by atoms with Gasteiger partial charge in [0.2, 0.25) is 5.91 Å². The van der Waals surface area contributed by atoms with E-state index < -0.39 is 34.9 Å². The molecule has 4 heterocycles. The lowest BCUT2D eigenvalue weighted by molar-refractivity contribution is -0.164. The van der Waals surface area contributed by atoms with Gasteiger partial charge in [-0.25, -0.2) is 13.6 Å². The van der Waals surface area contributed by atoms with Crippen molar-refractivity contribution in [1.29, 1.82) is 5.26 Å². The molecule has 0 spiro atoms. The van der Waals surface area contributed by atoms with Gasteiger partial charge < -0.3 is 24.6 Å². The lowest BCUT2D eigenvalue weighted by Crippen LogP contribution is -2.74. The van der Waals surface area contributed by atoms with Crippen LogP contribution in [0.25, 0.3) is 10.9 Å². The molecule has 0 radical (unpaired) electrons. The van der Waals surface area contributed by atoms with Crippen molar-refractivity contribution in [3.05, 3.63) is 77.7 Å². The number of likely N-dealkylation sites (tertiary alicyclic amines) is 1. The van der Waals surface area contributed by atoms with E-state index in [0.717, 1.165) is 36.8 Å². The van der Waals surface area contributed by atoms with E-state index >= 15 is 8.78 Å². The molecule has 4 amide bonds. The normalized spacial score (nSPS) is 24.4. The Bertz CT molecular complexity index is 2330. The van der Waals surface area contributed by atoms with Crippen LogP contribution < -0.4 is 29.9 Å². The Labute approximate surface area is 348 Å². The number of benzene rings is 3. The second-order valence-corrected chi connectivity index (χ2v) is 17.8. The molecule has 3 saturated heterocycles. The molecule has 2 atom stereocenters. The van der Waals surface area contributed by atoms with Gasteiger partial charge >= 0.3 is 6.03 Å². The summed E-state index contributed by atoms with van der Waals surface area (Å²) < 4.78 is 45.1. The third-order valence-corrected chi connectivity index (χ3v) is 13.2. The summed E-state index contributed by atoms with van der Waals surface area (Å²) in [4.78, 5) is 43.5. The molecule has 4 fully saturated rings. The van der Waals surface area contributed by atoms with Crippen LogP contribution in [0.4, 0.5) is 25.0 Å². The van der Waals surface area contributed by atoms with E-state index in [-0.39, 0.29) is 49.0 Å². The second-order valence-electron chi connectivity index (χ2n) is 17.8. The first-order valence-electron chi connectivity index (χ1n) is 20.7. The first-order chi connectivity index (χ1) is 28.7. The van der Waals surface area contributed by atoms with E-state index in [9.17, 15) is 19.6 Å². The Morgan fingerprint density at radius 2 is 1.77 bits per heavy atom. The van der Waals surface area contributed by atoms with Crippen LogP contribution >= 0.6 is 0 Å². The lowest BCUT2D eigenvalue weighted by atomic mass is 9.49. The predicted molar refractivity (Wildman–Crippen MR) is 223 cm³/mol. The van der Waals surface area contributed by atoms with Crippen LogP contribution in [0.2, 0.25) is 0 Å². The number of fused-ring (bicyclic) bond motifs is 1. The number of carbonyl (C=O) groups excluding carboxylic acids is 3. The number of rotatable bonds is 10. The first kappa shape index (κ1) is 41.0. The van der Waals surface area contributed by atoms with Gasteiger partial charge in [-0.3, -0.25) is 24.5 Å². The highest BCUT2D eigenvalue weighted by Gasteiger charge is 2.64. The third kappa shape index (κ3) is 7.50. The van der Waals surface area contributed by atoms with Crippen LogP contribution in [0, 0.1) is 33.9 Å². The molecule has 0 bridgehead atoms. The van der Waals surface area contributed by atoms with Crippen molar-refractivity contribution in [2.45, 2.75) is 77.7 Å². The van der Waals surface area contributed by atoms with Crippen molar-refractivity contribution in [2.24, 2.45) is 16.7 Å². The maximum Gasteiger partial charge on any atom is 0.328 e. The molecule has 1 aliphatic carbocycles. The molecular formula is C45H52F2N8O5. The van der Waals surface area contributed by atoms with Gasteiger partial charge in [-0.2, -0.15) is 10.4 Å². The minimum absolute atomic E-state index is 0.211. The van der Waals surface area contributed by atoms with Crippen molar-refractivity contribution >= 4 is 40.1 Å². The molecule has 1 saturated carbocycles. The average Bonchev–Trinajstić information content (AvgIpc) is 3.66. The number of hydrogen-bond donors (Lipinski definition) is 2. The number of alkyl halides is 1. The smallest absolute Gasteiger partial charge is 0.328 e. The lowest BCUT2D eigenvalue weighted by Gasteiger charge is -2.63. The largest absolute Gasteiger partial charge is 0.495 e. The number of carbonyl (C=O) groups is 3. The number of urea groups is 1. The number of nitrogens with one attached hydrogen (secondary N) is 2. The number of methoxy groups -OCH3 is 1. The summed E-state index contributed by atoms with van der Waals surface area (Å²) in [6, 6.07) is 16.2. The van der Waals surface area contributed by atoms with Gasteiger partial charge in [0, 0.05) is 79.6 Å². The van der Waals surface area contributed by atoms with Crippen LogP contribution in [-0.4, -0.2) is 97.2 Å². The second kappa shape index (κ2) is 16.0. The third-order valence-electron chi connectivity index (χ3n) is 13.2. The molecule has 0 unspecified atom stereocenters. The Kier molecular flexibility index (Phi) is 11.0. The summed E-state index contributed by atoms with van der Waals surface area (Å²) in [5.41, 5.74) is 1.61. The molecule has 15 heteroatoms. The Morgan fingerprint density at radius 3 is 2.45 bits per heavy atom. The van der Waals surface area contributed by atoms with Gasteiger partial charge in [-0.15, -0.1) is 0 Å². The van der Waals surface area contributed by atoms with Crippen molar-refractivity contribution < 1.29 is 32.6 Å². The summed E-state index contributed by atoms with van der Waals surface area (Å²) in [6.45, 7) is 11.5. The fourth-order valence-electron chi connectivity index (χ4n) is 10.4. The quantitative estimate of drug-likeness (QED) is 0.181. The van der Waals surface area contributed by atoms with Crippen LogP contribution in [0.5, 0.6) is 11.5 Å². The van der Waals surface area contributed by atoms with E-state index in [4.69, 9.17) is 9.47 Å². The summed E-state index contributed by atoms with van der Waals surface area (Å²) in [5.74, 6) is 0.244. The van der Waals surface area contributed by atoms with Crippen molar-refractivity contribution in [1.82, 2.24) is 25.3 Å². The van der Waals surface area contributed by atoms with Gasteiger partial charge in [0.05, 0.1) is 41.8 Å². The van der Waals surface area contributed by atoms with E-state index in [1.54, 1.807) is 41.2 Å². The molecule has 4 aromatic rings. The number of anilines is 2. The first-order valence-corrected chi connectivity index (χ1v) is 20.7. The van der Waals surface area contributed by atoms with Crippen LogP contribution in [-0.2, 0) is 4.79 Å². The highest BCUT2D eigenvalue weighted by molar-refractivity contribution is 6.09. The van der Waals surface area contributed by atoms with Gasteiger partial charge in [0.1, 0.15) is 35.7 Å². The number of hydrogen-bond acceptors (Lipinski definition) is 9. The summed E-state index contributed by atoms with van der Waals surface area (Å²) in [5, 5.41) is 20.2. The average molecular weight is 823 g/mol. The van der Waals surface area contributed by atoms with Crippen LogP contribution in [0.1, 0.15) is 75.3 Å². The predicted octanol–water partition coefficient (Wildman–Crippen LogP) is 6.62. The molecule has 13 nitrogen and oxygen atoms in total. The van der Waals surface area contributed by atoms with Gasteiger partial charge in [-0.1, -0.05) is 33.8 Å². The Morgan fingerprint density at radius 1 is 1.00 bits per heavy atom. The Hall–Kier alpha value is -5.75. The topological polar surface area (TPSA) is 145 Å². The van der Waals surface area contributed by atoms with Crippen molar-refractivity contribution in [3.8, 4) is 17.6 Å². The molecule has 316 valence electrons. The molecule has 2 N–H and O–H groups in total. The number of piperidine rings is 2. The molecule has 4 aliphatic rings. The fourth-order valence-corrected chi connectivity index (χ4v) is 10.4. The fraction of sp³-hybridized carbons (Fsp3) is 0.489. The van der Waals surface area contributed by atoms with E-state index in [2.05, 4.69) is 26.7 Å². The number of ether oxygens (including phenoxy) is 2. The van der Waals surface area contributed by atoms with E-state index in [1.807, 2.05) is 50.8 Å². The zero-order valence-electron chi connectivity index (χ0n) is 34.7. The standard InChI is InChI=1S/C45H52F2N8O5/c1-44(2)41(45(3,4)42(44)60-30-11-9-29(23-48)38(22-30)59-5)51-40(57)28-10-12-36(32(46)21-28)53-18-13-27(14-19-53)25-52-17-15-37(33(47)26-52)55-35-8-6-7-34(31(35)24-49-55)54-20-16-39(56)50-43(54)58/h6-12,21-22,24,27,33,37,41-42H,13-20,25-26H2,1-5H3,(H,51,57)(H,50,56,58)/t33-,37+,41?,42?/m0/s1. The molecule has 60 heavy (non-hydrogen) atoms. The summed E-state index contributed by atoms with van der Waals surface area (Å²) in [7, 11) is 1.51. The minimum Gasteiger partial charge on any atom is -0.495 e. The molecule has 3 aromatic carbocycles. The number of nitriles is 1. The number of imide groups is 1. The highest BCUT2D eigenvalue weighted by Crippen LogP contribution is 2.55. The highest BCUT2D eigenvalue weighted by atomic mass is 19.1. The molecule has 8 rings (SSSR count). The van der Waals surface area contributed by atoms with Crippen LogP contribution in [0.15, 0.2) is 60.8 Å². The zero-order chi connectivity index (χ0) is 42.5. The van der Waals surface area contributed by atoms with Crippen molar-refractivity contribution in [3.63, 3.8) is 0 Å². The number of aromatic nitrogens is 2. The SMILES string of the molecule is COc1cc(OC2C(C)(C)C(NC(=O)c3ccc(N4CCC(CN5CC[C@@H](n6ncc7c(N8CCC(=O)NC8=O)cccc76)[C@@H](F)C5)CC4)c(F)c3)C2(C)C)ccc1C#N. The summed E-state index contributed by atoms with van der Waals surface area (Å²) in [6.07, 6.45) is 2.75. The van der Waals surface area contributed by atoms with Gasteiger partial charge in [-0.05, 0) is 67.6 Å². The molecule has 3 aliphatic heterocycles. The maximum atomic E-state index is 15.9. The minimum atomic E-state index is -1.14.